The summed E-state index contributed by atoms with van der Waals surface area (Å²) in [6, 6.07) is 12.8. The number of aromatic nitrogens is 1. The van der Waals surface area contributed by atoms with Gasteiger partial charge in [-0.15, -0.1) is 0 Å². The highest BCUT2D eigenvalue weighted by Gasteiger charge is 2.36. The van der Waals surface area contributed by atoms with Crippen LogP contribution in [0.5, 0.6) is 0 Å². The van der Waals surface area contributed by atoms with E-state index in [1.54, 1.807) is 11.1 Å². The maximum Gasteiger partial charge on any atom is 0.420 e. The van der Waals surface area contributed by atoms with Gasteiger partial charge in [0.2, 0.25) is 0 Å². The van der Waals surface area contributed by atoms with Crippen molar-refractivity contribution in [2.75, 3.05) is 11.4 Å². The number of para-hydroxylation sites is 1. The van der Waals surface area contributed by atoms with Gasteiger partial charge in [-0.05, 0) is 79.0 Å². The molecule has 0 N–H and O–H groups in total. The Morgan fingerprint density at radius 3 is 2.24 bits per heavy atom. The summed E-state index contributed by atoms with van der Waals surface area (Å²) in [4.78, 5) is 34.2. The molecular weight excluding hydrogens is 418 g/mol. The van der Waals surface area contributed by atoms with E-state index in [2.05, 4.69) is 4.98 Å². The molecule has 1 unspecified atom stereocenters. The maximum atomic E-state index is 13.4. The smallest absolute Gasteiger partial charge is 0.420 e. The van der Waals surface area contributed by atoms with E-state index in [1.807, 2.05) is 84.0 Å². The van der Waals surface area contributed by atoms with Crippen LogP contribution in [0.1, 0.15) is 72.4 Å². The van der Waals surface area contributed by atoms with Crippen LogP contribution in [0.15, 0.2) is 48.7 Å². The van der Waals surface area contributed by atoms with Crippen LogP contribution in [0.25, 0.3) is 0 Å². The largest absolute Gasteiger partial charge is 0.444 e. The summed E-state index contributed by atoms with van der Waals surface area (Å²) < 4.78 is 11.4. The molecule has 7 heteroatoms. The number of anilines is 2. The first-order chi connectivity index (χ1) is 15.5. The summed E-state index contributed by atoms with van der Waals surface area (Å²) in [5, 5.41) is 0. The second-order valence-electron chi connectivity index (χ2n) is 10.3. The van der Waals surface area contributed by atoms with Gasteiger partial charge in [-0.25, -0.2) is 19.5 Å². The third-order valence-corrected chi connectivity index (χ3v) is 5.11. The van der Waals surface area contributed by atoms with Crippen molar-refractivity contribution in [3.63, 3.8) is 0 Å². The molecule has 2 heterocycles. The maximum absolute atomic E-state index is 13.4. The van der Waals surface area contributed by atoms with Crippen LogP contribution < -0.4 is 4.90 Å². The minimum atomic E-state index is -0.674. The molecular formula is C26H35N3O4. The van der Waals surface area contributed by atoms with E-state index < -0.39 is 17.3 Å². The molecule has 1 aliphatic rings. The molecule has 1 aliphatic heterocycles. The number of hydrogen-bond donors (Lipinski definition) is 0. The topological polar surface area (TPSA) is 72.0 Å². The Morgan fingerprint density at radius 2 is 1.61 bits per heavy atom. The molecule has 1 aromatic heterocycles. The number of nitrogens with zero attached hydrogens (tertiary/aromatic N) is 3. The Bertz CT molecular complexity index is 963. The lowest BCUT2D eigenvalue weighted by molar-refractivity contribution is 0.00956. The van der Waals surface area contributed by atoms with Gasteiger partial charge in [-0.1, -0.05) is 24.3 Å². The molecule has 2 aromatic rings. The predicted molar refractivity (Wildman–Crippen MR) is 129 cm³/mol. The molecule has 0 saturated carbocycles. The molecule has 3 rings (SSSR count). The SMILES string of the molecule is CC(C)(C)OC(=O)N(c1ccccc1)c1ncccc1C1CCCCN1C(=O)OC(C)(C)C. The number of amides is 2. The quantitative estimate of drug-likeness (QED) is 0.522. The number of piperidine rings is 1. The van der Waals surface area contributed by atoms with Crippen molar-refractivity contribution in [2.24, 2.45) is 0 Å². The van der Waals surface area contributed by atoms with Crippen LogP contribution >= 0.6 is 0 Å². The van der Waals surface area contributed by atoms with Crippen molar-refractivity contribution < 1.29 is 19.1 Å². The first kappa shape index (κ1) is 24.6. The number of pyridine rings is 1. The highest BCUT2D eigenvalue weighted by Crippen LogP contribution is 2.39. The van der Waals surface area contributed by atoms with Crippen molar-refractivity contribution in [3.05, 3.63) is 54.2 Å². The van der Waals surface area contributed by atoms with Crippen LogP contribution in [-0.2, 0) is 9.47 Å². The van der Waals surface area contributed by atoms with Gasteiger partial charge in [0.15, 0.2) is 0 Å². The number of likely N-dealkylation sites (tertiary alicyclic amines) is 1. The van der Waals surface area contributed by atoms with Gasteiger partial charge in [-0.3, -0.25) is 0 Å². The van der Waals surface area contributed by atoms with E-state index in [1.165, 1.54) is 4.90 Å². The van der Waals surface area contributed by atoms with Crippen molar-refractivity contribution in [3.8, 4) is 0 Å². The standard InChI is InChI=1S/C26H35N3O4/c1-25(2,3)32-23(30)28-18-11-10-16-21(28)20-15-12-17-27-22(20)29(19-13-8-7-9-14-19)24(31)33-26(4,5)6/h7-9,12-15,17,21H,10-11,16,18H2,1-6H3. The fraction of sp³-hybridized carbons (Fsp3) is 0.500. The van der Waals surface area contributed by atoms with Crippen molar-refractivity contribution in [1.29, 1.82) is 0 Å². The third-order valence-electron chi connectivity index (χ3n) is 5.11. The van der Waals surface area contributed by atoms with E-state index in [4.69, 9.17) is 9.47 Å². The zero-order valence-corrected chi connectivity index (χ0v) is 20.5. The van der Waals surface area contributed by atoms with Crippen molar-refractivity contribution in [2.45, 2.75) is 78.0 Å². The molecule has 1 fully saturated rings. The Balaban J connectivity index is 2.06. The van der Waals surface area contributed by atoms with E-state index in [-0.39, 0.29) is 12.1 Å². The molecule has 0 spiro atoms. The minimum absolute atomic E-state index is 0.258. The summed E-state index contributed by atoms with van der Waals surface area (Å²) in [6.07, 6.45) is 3.41. The van der Waals surface area contributed by atoms with Crippen LogP contribution in [0.2, 0.25) is 0 Å². The fourth-order valence-corrected chi connectivity index (χ4v) is 3.85. The second kappa shape index (κ2) is 9.81. The van der Waals surface area contributed by atoms with Crippen LogP contribution in [0, 0.1) is 0 Å². The van der Waals surface area contributed by atoms with E-state index >= 15 is 0 Å². The first-order valence-corrected chi connectivity index (χ1v) is 11.5. The van der Waals surface area contributed by atoms with Gasteiger partial charge >= 0.3 is 12.2 Å². The lowest BCUT2D eigenvalue weighted by atomic mass is 9.95. The Labute approximate surface area is 196 Å². The third kappa shape index (κ3) is 6.46. The monoisotopic (exact) mass is 453 g/mol. The van der Waals surface area contributed by atoms with Crippen LogP contribution in [0.3, 0.4) is 0 Å². The van der Waals surface area contributed by atoms with Crippen LogP contribution in [-0.4, -0.2) is 39.8 Å². The summed E-state index contributed by atoms with van der Waals surface area (Å²) in [6.45, 7) is 11.7. The average Bonchev–Trinajstić information content (AvgIpc) is 2.73. The molecule has 0 bridgehead atoms. The van der Waals surface area contributed by atoms with E-state index in [9.17, 15) is 9.59 Å². The lowest BCUT2D eigenvalue weighted by Crippen LogP contribution is -2.42. The molecule has 7 nitrogen and oxygen atoms in total. The molecule has 0 aliphatic carbocycles. The Kier molecular flexibility index (Phi) is 7.30. The molecule has 1 aromatic carbocycles. The number of rotatable bonds is 3. The summed E-state index contributed by atoms with van der Waals surface area (Å²) >= 11 is 0. The van der Waals surface area contributed by atoms with E-state index in [0.717, 1.165) is 24.8 Å². The second-order valence-corrected chi connectivity index (χ2v) is 10.3. The van der Waals surface area contributed by atoms with Crippen molar-refractivity contribution in [1.82, 2.24) is 9.88 Å². The molecule has 178 valence electrons. The number of carbonyl (C=O) groups excluding carboxylic acids is 2. The molecule has 1 saturated heterocycles. The molecule has 2 amide bonds. The summed E-state index contributed by atoms with van der Waals surface area (Å²) in [5.74, 6) is 0.457. The van der Waals surface area contributed by atoms with Crippen LogP contribution in [0.4, 0.5) is 21.1 Å². The fourth-order valence-electron chi connectivity index (χ4n) is 3.85. The van der Waals surface area contributed by atoms with Gasteiger partial charge in [0.05, 0.1) is 11.7 Å². The molecule has 33 heavy (non-hydrogen) atoms. The number of benzene rings is 1. The Morgan fingerprint density at radius 1 is 0.939 bits per heavy atom. The normalized spacial score (nSPS) is 16.8. The van der Waals surface area contributed by atoms with Gasteiger partial charge in [0.1, 0.15) is 17.0 Å². The minimum Gasteiger partial charge on any atom is -0.444 e. The molecule has 1 atom stereocenters. The average molecular weight is 454 g/mol. The molecule has 0 radical (unpaired) electrons. The van der Waals surface area contributed by atoms with Gasteiger partial charge < -0.3 is 14.4 Å². The predicted octanol–water partition coefficient (Wildman–Crippen LogP) is 6.62. The Hall–Kier alpha value is -3.09. The lowest BCUT2D eigenvalue weighted by Gasteiger charge is -2.38. The van der Waals surface area contributed by atoms with Gasteiger partial charge in [-0.2, -0.15) is 0 Å². The first-order valence-electron chi connectivity index (χ1n) is 11.5. The zero-order chi connectivity index (χ0) is 24.2. The highest BCUT2D eigenvalue weighted by molar-refractivity contribution is 5.96. The highest BCUT2D eigenvalue weighted by atomic mass is 16.6. The van der Waals surface area contributed by atoms with Crippen molar-refractivity contribution >= 4 is 23.7 Å². The zero-order valence-electron chi connectivity index (χ0n) is 20.5. The number of ether oxygens (including phenoxy) is 2. The van der Waals surface area contributed by atoms with Gasteiger partial charge in [0.25, 0.3) is 0 Å². The van der Waals surface area contributed by atoms with E-state index in [0.29, 0.717) is 18.1 Å². The summed E-state index contributed by atoms with van der Waals surface area (Å²) in [7, 11) is 0. The number of hydrogen-bond acceptors (Lipinski definition) is 5. The number of carbonyl (C=O) groups is 2. The van der Waals surface area contributed by atoms with Gasteiger partial charge in [0, 0.05) is 18.3 Å². The summed E-state index contributed by atoms with van der Waals surface area (Å²) in [5.41, 5.74) is 0.166.